The zero-order valence-electron chi connectivity index (χ0n) is 13.5. The van der Waals surface area contributed by atoms with Gasteiger partial charge in [0.25, 0.3) is 0 Å². The molecule has 0 aliphatic heterocycles. The lowest BCUT2D eigenvalue weighted by Crippen LogP contribution is -2.22. The number of allylic oxidation sites excluding steroid dienone is 1. The highest BCUT2D eigenvalue weighted by Gasteiger charge is 2.17. The molecule has 4 nitrogen and oxygen atoms in total. The zero-order valence-corrected chi connectivity index (χ0v) is 13.5. The molecule has 1 aromatic carbocycles. The number of benzene rings is 1. The molecule has 0 bridgehead atoms. The van der Waals surface area contributed by atoms with Gasteiger partial charge in [-0.1, -0.05) is 19.9 Å². The van der Waals surface area contributed by atoms with Crippen LogP contribution >= 0.6 is 0 Å². The second kappa shape index (κ2) is 6.79. The Hall–Kier alpha value is -2.07. The van der Waals surface area contributed by atoms with Crippen LogP contribution in [0.25, 0.3) is 11.0 Å². The molecule has 0 radical (unpaired) electrons. The molecule has 0 unspecified atom stereocenters. The third-order valence-corrected chi connectivity index (χ3v) is 4.03. The Morgan fingerprint density at radius 1 is 1.32 bits per heavy atom. The molecule has 118 valence electrons. The number of fused-ring (bicyclic) bond motifs is 1. The molecule has 1 aromatic heterocycles. The Morgan fingerprint density at radius 3 is 2.59 bits per heavy atom. The van der Waals surface area contributed by atoms with Gasteiger partial charge >= 0.3 is 5.63 Å². The lowest BCUT2D eigenvalue weighted by molar-refractivity contribution is 0.290. The molecule has 0 saturated carbocycles. The standard InChI is InChI=1S/C18H23NO3/c1-5-8-14-17(21)13(11-19(6-2)7-3)10-15-12(4)9-16(20)22-18(14)15/h5,9-10,21H,1,6-8,11H2,2-4H3. The van der Waals surface area contributed by atoms with E-state index in [4.69, 9.17) is 4.42 Å². The van der Waals surface area contributed by atoms with Gasteiger partial charge in [0.05, 0.1) is 0 Å². The van der Waals surface area contributed by atoms with E-state index >= 15 is 0 Å². The van der Waals surface area contributed by atoms with Crippen molar-refractivity contribution in [3.8, 4) is 5.75 Å². The SMILES string of the molecule is C=CCc1c(O)c(CN(CC)CC)cc2c(C)cc(=O)oc12. The molecule has 0 spiro atoms. The molecule has 4 heteroatoms. The summed E-state index contributed by atoms with van der Waals surface area (Å²) >= 11 is 0. The van der Waals surface area contributed by atoms with Gasteiger partial charge in [0, 0.05) is 29.1 Å². The lowest BCUT2D eigenvalue weighted by atomic mass is 9.99. The molecule has 0 saturated heterocycles. The van der Waals surface area contributed by atoms with Crippen molar-refractivity contribution in [1.29, 1.82) is 0 Å². The van der Waals surface area contributed by atoms with Gasteiger partial charge in [0.1, 0.15) is 11.3 Å². The van der Waals surface area contributed by atoms with E-state index < -0.39 is 5.63 Å². The summed E-state index contributed by atoms with van der Waals surface area (Å²) in [4.78, 5) is 13.9. The molecule has 0 fully saturated rings. The first-order valence-electron chi connectivity index (χ1n) is 7.63. The number of hydrogen-bond donors (Lipinski definition) is 1. The topological polar surface area (TPSA) is 53.7 Å². The van der Waals surface area contributed by atoms with Gasteiger partial charge in [0.2, 0.25) is 0 Å². The van der Waals surface area contributed by atoms with E-state index in [-0.39, 0.29) is 5.75 Å². The van der Waals surface area contributed by atoms with Crippen LogP contribution in [0.4, 0.5) is 0 Å². The van der Waals surface area contributed by atoms with E-state index in [2.05, 4.69) is 25.3 Å². The average molecular weight is 301 g/mol. The minimum Gasteiger partial charge on any atom is -0.507 e. The normalized spacial score (nSPS) is 11.3. The van der Waals surface area contributed by atoms with Gasteiger partial charge < -0.3 is 9.52 Å². The molecule has 0 amide bonds. The van der Waals surface area contributed by atoms with E-state index in [1.54, 1.807) is 6.08 Å². The van der Waals surface area contributed by atoms with E-state index in [1.807, 2.05) is 13.0 Å². The predicted octanol–water partition coefficient (Wildman–Crippen LogP) is 3.38. The van der Waals surface area contributed by atoms with Gasteiger partial charge in [0.15, 0.2) is 0 Å². The largest absolute Gasteiger partial charge is 0.507 e. The fourth-order valence-corrected chi connectivity index (χ4v) is 2.71. The maximum atomic E-state index is 11.6. The minimum atomic E-state index is -0.397. The second-order valence-corrected chi connectivity index (χ2v) is 5.44. The van der Waals surface area contributed by atoms with Crippen molar-refractivity contribution in [3.05, 3.63) is 51.9 Å². The third kappa shape index (κ3) is 3.07. The van der Waals surface area contributed by atoms with Crippen molar-refractivity contribution >= 4 is 11.0 Å². The highest BCUT2D eigenvalue weighted by molar-refractivity contribution is 5.86. The van der Waals surface area contributed by atoms with Crippen molar-refractivity contribution in [2.24, 2.45) is 0 Å². The van der Waals surface area contributed by atoms with Crippen molar-refractivity contribution in [2.45, 2.75) is 33.7 Å². The molecular weight excluding hydrogens is 278 g/mol. The smallest absolute Gasteiger partial charge is 0.336 e. The lowest BCUT2D eigenvalue weighted by Gasteiger charge is -2.20. The highest BCUT2D eigenvalue weighted by Crippen LogP contribution is 2.33. The van der Waals surface area contributed by atoms with Crippen LogP contribution in [-0.4, -0.2) is 23.1 Å². The van der Waals surface area contributed by atoms with Crippen molar-refractivity contribution in [2.75, 3.05) is 13.1 Å². The van der Waals surface area contributed by atoms with Crippen LogP contribution in [0.2, 0.25) is 0 Å². The van der Waals surface area contributed by atoms with Crippen LogP contribution in [0.1, 0.15) is 30.5 Å². The zero-order chi connectivity index (χ0) is 16.3. The Kier molecular flexibility index (Phi) is 5.03. The molecule has 1 heterocycles. The van der Waals surface area contributed by atoms with Gasteiger partial charge in [-0.25, -0.2) is 4.79 Å². The summed E-state index contributed by atoms with van der Waals surface area (Å²) in [6.07, 6.45) is 2.17. The van der Waals surface area contributed by atoms with Crippen LogP contribution in [0, 0.1) is 6.92 Å². The third-order valence-electron chi connectivity index (χ3n) is 4.03. The van der Waals surface area contributed by atoms with Crippen LogP contribution in [0.3, 0.4) is 0 Å². The molecule has 0 aliphatic carbocycles. The Morgan fingerprint density at radius 2 is 2.00 bits per heavy atom. The quantitative estimate of drug-likeness (QED) is 0.656. The van der Waals surface area contributed by atoms with Gasteiger partial charge in [-0.15, -0.1) is 6.58 Å². The molecule has 0 atom stereocenters. The molecular formula is C18H23NO3. The van der Waals surface area contributed by atoms with Crippen LogP contribution in [0.5, 0.6) is 5.75 Å². The van der Waals surface area contributed by atoms with E-state index in [0.29, 0.717) is 24.1 Å². The van der Waals surface area contributed by atoms with Crippen molar-refractivity contribution in [1.82, 2.24) is 4.90 Å². The first-order chi connectivity index (χ1) is 10.5. The number of phenols is 1. The molecule has 1 N–H and O–H groups in total. The van der Waals surface area contributed by atoms with Crippen LogP contribution < -0.4 is 5.63 Å². The number of nitrogens with zero attached hydrogens (tertiary/aromatic N) is 1. The number of rotatable bonds is 6. The molecule has 2 aromatic rings. The first-order valence-corrected chi connectivity index (χ1v) is 7.63. The van der Waals surface area contributed by atoms with Crippen molar-refractivity contribution in [3.63, 3.8) is 0 Å². The molecule has 22 heavy (non-hydrogen) atoms. The summed E-state index contributed by atoms with van der Waals surface area (Å²) < 4.78 is 5.34. The first kappa shape index (κ1) is 16.3. The average Bonchev–Trinajstić information content (AvgIpc) is 2.49. The number of aryl methyl sites for hydroxylation is 1. The fourth-order valence-electron chi connectivity index (χ4n) is 2.71. The number of hydrogen-bond acceptors (Lipinski definition) is 4. The van der Waals surface area contributed by atoms with E-state index in [9.17, 15) is 9.90 Å². The Balaban J connectivity index is 2.71. The van der Waals surface area contributed by atoms with E-state index in [0.717, 1.165) is 29.6 Å². The highest BCUT2D eigenvalue weighted by atomic mass is 16.4. The number of aromatic hydroxyl groups is 1. The predicted molar refractivity (Wildman–Crippen MR) is 89.4 cm³/mol. The van der Waals surface area contributed by atoms with Gasteiger partial charge in [-0.2, -0.15) is 0 Å². The summed E-state index contributed by atoms with van der Waals surface area (Å²) in [7, 11) is 0. The monoisotopic (exact) mass is 301 g/mol. The Labute approximate surface area is 130 Å². The Bertz CT molecular complexity index is 742. The summed E-state index contributed by atoms with van der Waals surface area (Å²) in [5.74, 6) is 0.202. The van der Waals surface area contributed by atoms with Crippen LogP contribution in [-0.2, 0) is 13.0 Å². The molecule has 2 rings (SSSR count). The maximum Gasteiger partial charge on any atom is 0.336 e. The summed E-state index contributed by atoms with van der Waals surface area (Å²) in [6, 6.07) is 3.41. The van der Waals surface area contributed by atoms with Gasteiger partial charge in [-0.3, -0.25) is 4.90 Å². The second-order valence-electron chi connectivity index (χ2n) is 5.44. The summed E-state index contributed by atoms with van der Waals surface area (Å²) in [5, 5.41) is 11.5. The molecule has 0 aliphatic rings. The van der Waals surface area contributed by atoms with Crippen molar-refractivity contribution < 1.29 is 9.52 Å². The van der Waals surface area contributed by atoms with Crippen LogP contribution in [0.15, 0.2) is 34.0 Å². The van der Waals surface area contributed by atoms with E-state index in [1.165, 1.54) is 6.07 Å². The maximum absolute atomic E-state index is 11.6. The number of phenolic OH excluding ortho intramolecular Hbond substituents is 1. The van der Waals surface area contributed by atoms with Gasteiger partial charge in [-0.05, 0) is 38.1 Å². The minimum absolute atomic E-state index is 0.202. The summed E-state index contributed by atoms with van der Waals surface area (Å²) in [6.45, 7) is 12.3. The summed E-state index contributed by atoms with van der Waals surface area (Å²) in [5.41, 5.74) is 2.41. The fraction of sp³-hybridized carbons (Fsp3) is 0.389.